The van der Waals surface area contributed by atoms with Gasteiger partial charge in [0.1, 0.15) is 0 Å². The van der Waals surface area contributed by atoms with Crippen LogP contribution in [0, 0.1) is 0 Å². The van der Waals surface area contributed by atoms with E-state index in [1.54, 1.807) is 6.08 Å². The minimum absolute atomic E-state index is 0.0918. The lowest BCUT2D eigenvalue weighted by Gasteiger charge is -2.35. The quantitative estimate of drug-likeness (QED) is 0.642. The van der Waals surface area contributed by atoms with Crippen molar-refractivity contribution in [2.24, 2.45) is 0 Å². The molecule has 0 saturated carbocycles. The predicted octanol–water partition coefficient (Wildman–Crippen LogP) is 3.30. The lowest BCUT2D eigenvalue weighted by Crippen LogP contribution is -2.40. The summed E-state index contributed by atoms with van der Waals surface area (Å²) in [4.78, 5) is 20.7. The Balaban J connectivity index is 2.81. The van der Waals surface area contributed by atoms with Gasteiger partial charge in [-0.3, -0.25) is 0 Å². The monoisotopic (exact) mass is 278 g/mol. The molecule has 1 rings (SSSR count). The first kappa shape index (κ1) is 15.7. The number of carbonyl (C=O) groups is 1. The zero-order chi connectivity index (χ0) is 14.7. The Morgan fingerprint density at radius 2 is 1.79 bits per heavy atom. The molecule has 0 heterocycles. The number of benzene rings is 1. The smallest absolute Gasteiger partial charge is 0.328 e. The van der Waals surface area contributed by atoms with E-state index in [-0.39, 0.29) is 5.04 Å². The number of hydrogen-bond donors (Lipinski definition) is 2. The molecule has 1 aromatic rings. The summed E-state index contributed by atoms with van der Waals surface area (Å²) < 4.78 is 0. The van der Waals surface area contributed by atoms with Crippen LogP contribution in [0.2, 0.25) is 18.1 Å². The lowest BCUT2D eigenvalue weighted by molar-refractivity contribution is -0.131. The van der Waals surface area contributed by atoms with Gasteiger partial charge in [0.05, 0.1) is 0 Å². The van der Waals surface area contributed by atoms with Crippen molar-refractivity contribution in [1.29, 1.82) is 0 Å². The predicted molar refractivity (Wildman–Crippen MR) is 80.6 cm³/mol. The second-order valence-electron chi connectivity index (χ2n) is 6.03. The van der Waals surface area contributed by atoms with Crippen LogP contribution in [0.3, 0.4) is 0 Å². The third kappa shape index (κ3) is 4.65. The van der Waals surface area contributed by atoms with Crippen LogP contribution in [0.4, 0.5) is 0 Å². The summed E-state index contributed by atoms with van der Waals surface area (Å²) in [5.74, 6) is -0.946. The summed E-state index contributed by atoms with van der Waals surface area (Å²) in [5, 5.41) is 8.47. The molecule has 4 heteroatoms. The van der Waals surface area contributed by atoms with E-state index < -0.39 is 14.3 Å². The second-order valence-corrected chi connectivity index (χ2v) is 10.5. The molecular weight excluding hydrogens is 256 g/mol. The maximum Gasteiger partial charge on any atom is 0.328 e. The van der Waals surface area contributed by atoms with Crippen LogP contribution in [-0.4, -0.2) is 24.2 Å². The van der Waals surface area contributed by atoms with Crippen molar-refractivity contribution >= 4 is 20.4 Å². The van der Waals surface area contributed by atoms with Crippen LogP contribution in [0.15, 0.2) is 30.3 Å². The zero-order valence-corrected chi connectivity index (χ0v) is 13.0. The fourth-order valence-electron chi connectivity index (χ4n) is 1.64. The van der Waals surface area contributed by atoms with E-state index in [1.807, 2.05) is 37.4 Å². The highest BCUT2D eigenvalue weighted by Gasteiger charge is 2.37. The van der Waals surface area contributed by atoms with Crippen molar-refractivity contribution in [3.8, 4) is 0 Å². The Morgan fingerprint density at radius 1 is 1.26 bits per heavy atom. The van der Waals surface area contributed by atoms with Gasteiger partial charge in [-0.25, -0.2) is 4.79 Å². The van der Waals surface area contributed by atoms with E-state index in [4.69, 9.17) is 5.11 Å². The first-order valence-electron chi connectivity index (χ1n) is 6.34. The zero-order valence-electron chi connectivity index (χ0n) is 12.0. The highest BCUT2D eigenvalue weighted by Crippen LogP contribution is 2.38. The molecule has 0 radical (unpaired) electrons. The van der Waals surface area contributed by atoms with Crippen molar-refractivity contribution in [3.63, 3.8) is 0 Å². The molecule has 0 aliphatic carbocycles. The molecule has 1 aromatic carbocycles. The summed E-state index contributed by atoms with van der Waals surface area (Å²) >= 11 is 0. The first-order valence-corrected chi connectivity index (χ1v) is 9.29. The van der Waals surface area contributed by atoms with Gasteiger partial charge in [-0.1, -0.05) is 38.1 Å². The molecule has 0 amide bonds. The maximum absolute atomic E-state index is 10.4. The van der Waals surface area contributed by atoms with Crippen molar-refractivity contribution < 1.29 is 14.7 Å². The van der Waals surface area contributed by atoms with Crippen molar-refractivity contribution in [2.45, 2.75) is 38.4 Å². The third-order valence-electron chi connectivity index (χ3n) is 3.70. The fraction of sp³-hybridized carbons (Fsp3) is 0.400. The molecule has 19 heavy (non-hydrogen) atoms. The molecule has 0 bridgehead atoms. The molecule has 0 atom stereocenters. The summed E-state index contributed by atoms with van der Waals surface area (Å²) in [6.07, 6.45) is 3.52. The first-order chi connectivity index (χ1) is 8.62. The SMILES string of the molecule is CC(C)(Cc1ccc(/C=C/C(=O)O)cc1)[Si](C)(C)O. The second kappa shape index (κ2) is 5.71. The number of hydrogen-bond acceptors (Lipinski definition) is 2. The van der Waals surface area contributed by atoms with Crippen molar-refractivity contribution in [3.05, 3.63) is 41.5 Å². The Bertz CT molecular complexity index is 467. The molecule has 0 spiro atoms. The summed E-state index contributed by atoms with van der Waals surface area (Å²) in [5.41, 5.74) is 2.02. The van der Waals surface area contributed by atoms with Crippen LogP contribution >= 0.6 is 0 Å². The topological polar surface area (TPSA) is 57.5 Å². The van der Waals surface area contributed by atoms with Crippen LogP contribution in [0.1, 0.15) is 25.0 Å². The van der Waals surface area contributed by atoms with Gasteiger partial charge in [0.15, 0.2) is 8.32 Å². The normalized spacial score (nSPS) is 12.9. The molecule has 0 unspecified atom stereocenters. The van der Waals surface area contributed by atoms with Crippen molar-refractivity contribution in [1.82, 2.24) is 0 Å². The van der Waals surface area contributed by atoms with Gasteiger partial charge in [0.25, 0.3) is 0 Å². The molecule has 0 fully saturated rings. The highest BCUT2D eigenvalue weighted by atomic mass is 28.4. The van der Waals surface area contributed by atoms with Gasteiger partial charge >= 0.3 is 5.97 Å². The highest BCUT2D eigenvalue weighted by molar-refractivity contribution is 6.72. The summed E-state index contributed by atoms with van der Waals surface area (Å²) in [6, 6.07) is 7.78. The maximum atomic E-state index is 10.4. The largest absolute Gasteiger partial charge is 0.478 e. The van der Waals surface area contributed by atoms with Crippen molar-refractivity contribution in [2.75, 3.05) is 0 Å². The van der Waals surface area contributed by atoms with Gasteiger partial charge in [-0.05, 0) is 41.8 Å². The van der Waals surface area contributed by atoms with Crippen LogP contribution in [-0.2, 0) is 11.2 Å². The van der Waals surface area contributed by atoms with Gasteiger partial charge < -0.3 is 9.90 Å². The minimum Gasteiger partial charge on any atom is -0.478 e. The molecule has 2 N–H and O–H groups in total. The Hall–Kier alpha value is -1.39. The third-order valence-corrected chi connectivity index (χ3v) is 7.19. The van der Waals surface area contributed by atoms with Gasteiger partial charge in [0, 0.05) is 6.08 Å². The van der Waals surface area contributed by atoms with E-state index in [0.717, 1.165) is 23.6 Å². The Morgan fingerprint density at radius 3 is 2.21 bits per heavy atom. The number of carboxylic acids is 1. The molecule has 3 nitrogen and oxygen atoms in total. The van der Waals surface area contributed by atoms with Crippen LogP contribution in [0.5, 0.6) is 0 Å². The van der Waals surface area contributed by atoms with E-state index in [0.29, 0.717) is 0 Å². The van der Waals surface area contributed by atoms with E-state index in [9.17, 15) is 9.59 Å². The molecule has 0 aliphatic rings. The number of aliphatic carboxylic acids is 1. The molecule has 0 aliphatic heterocycles. The summed E-state index contributed by atoms with van der Waals surface area (Å²) in [6.45, 7) is 8.10. The van der Waals surface area contributed by atoms with E-state index in [2.05, 4.69) is 13.8 Å². The average Bonchev–Trinajstić information content (AvgIpc) is 2.26. The molecule has 104 valence electrons. The minimum atomic E-state index is -2.20. The lowest BCUT2D eigenvalue weighted by atomic mass is 10.0. The van der Waals surface area contributed by atoms with Gasteiger partial charge in [0.2, 0.25) is 0 Å². The Labute approximate surface area is 115 Å². The van der Waals surface area contributed by atoms with Gasteiger partial charge in [-0.2, -0.15) is 0 Å². The molecule has 0 aromatic heterocycles. The van der Waals surface area contributed by atoms with E-state index in [1.165, 1.54) is 0 Å². The number of carboxylic acid groups (broad SMARTS) is 1. The fourth-order valence-corrected chi connectivity index (χ4v) is 2.28. The number of rotatable bonds is 5. The Kier molecular flexibility index (Phi) is 4.71. The van der Waals surface area contributed by atoms with Crippen LogP contribution in [0.25, 0.3) is 6.08 Å². The van der Waals surface area contributed by atoms with Gasteiger partial charge in [-0.15, -0.1) is 0 Å². The summed E-state index contributed by atoms with van der Waals surface area (Å²) in [7, 11) is -2.20. The van der Waals surface area contributed by atoms with E-state index >= 15 is 0 Å². The average molecular weight is 278 g/mol. The molecule has 0 saturated heterocycles. The standard InChI is InChI=1S/C15H22O3Si/c1-15(2,19(3,4)18)11-13-7-5-12(6-8-13)9-10-14(16)17/h5-10,18H,11H2,1-4H3,(H,16,17)/b10-9+. The molecular formula is C15H22O3Si. The van der Waals surface area contributed by atoms with Crippen LogP contribution < -0.4 is 0 Å².